The molecule has 0 fully saturated rings. The van der Waals surface area contributed by atoms with Crippen LogP contribution in [0.2, 0.25) is 0 Å². The van der Waals surface area contributed by atoms with E-state index in [1.165, 1.54) is 128 Å². The van der Waals surface area contributed by atoms with Gasteiger partial charge < -0.3 is 14.2 Å². The molecule has 44 heavy (non-hydrogen) atoms. The van der Waals surface area contributed by atoms with E-state index in [1.54, 1.807) is 0 Å². The molecule has 1 unspecified atom stereocenters. The lowest BCUT2D eigenvalue weighted by Crippen LogP contribution is -2.26. The quantitative estimate of drug-likeness (QED) is 0.0399. The zero-order valence-corrected chi connectivity index (χ0v) is 29.2. The normalized spacial score (nSPS) is 12.9. The highest BCUT2D eigenvalue weighted by molar-refractivity contribution is 5.36. The zero-order valence-electron chi connectivity index (χ0n) is 29.2. The van der Waals surface area contributed by atoms with Crippen molar-refractivity contribution in [1.82, 2.24) is 0 Å². The summed E-state index contributed by atoms with van der Waals surface area (Å²) in [6.07, 6.45) is 48.2. The molecule has 256 valence electrons. The van der Waals surface area contributed by atoms with Gasteiger partial charge in [0.1, 0.15) is 12.7 Å². The number of ether oxygens (including phenoxy) is 3. The van der Waals surface area contributed by atoms with Crippen LogP contribution in [0.4, 0.5) is 0 Å². The van der Waals surface area contributed by atoms with E-state index in [4.69, 9.17) is 14.2 Å². The van der Waals surface area contributed by atoms with Crippen LogP contribution in [0.15, 0.2) is 48.6 Å². The van der Waals surface area contributed by atoms with Gasteiger partial charge in [0.2, 0.25) is 0 Å². The molecule has 0 aliphatic heterocycles. The van der Waals surface area contributed by atoms with Crippen molar-refractivity contribution in [3.8, 4) is 0 Å². The second-order valence-electron chi connectivity index (χ2n) is 12.2. The Morgan fingerprint density at radius 1 is 0.455 bits per heavy atom. The standard InChI is InChI=1S/C40H72O4/c1-3-5-7-9-11-13-15-17-19-21-23-25-27-29-31-33-35-42-37-40(38-43-39-41)44-36-34-32-30-28-26-24-22-20-18-16-14-12-10-8-6-4-2/h11-14,17-20,39-40H,3-10,15-16,21-38H2,1-2H3/b13-11-,14-12-,19-17-,20-18-. The van der Waals surface area contributed by atoms with Crippen LogP contribution in [0, 0.1) is 0 Å². The Balaban J connectivity index is 3.57. The van der Waals surface area contributed by atoms with Crippen LogP contribution in [0.1, 0.15) is 168 Å². The van der Waals surface area contributed by atoms with Gasteiger partial charge in [-0.3, -0.25) is 4.79 Å². The predicted molar refractivity (Wildman–Crippen MR) is 191 cm³/mol. The highest BCUT2D eigenvalue weighted by Crippen LogP contribution is 2.10. The van der Waals surface area contributed by atoms with Gasteiger partial charge in [0.05, 0.1) is 6.61 Å². The van der Waals surface area contributed by atoms with Gasteiger partial charge >= 0.3 is 0 Å². The fraction of sp³-hybridized carbons (Fsp3) is 0.775. The van der Waals surface area contributed by atoms with Crippen LogP contribution in [0.25, 0.3) is 0 Å². The Morgan fingerprint density at radius 3 is 1.32 bits per heavy atom. The summed E-state index contributed by atoms with van der Waals surface area (Å²) in [4.78, 5) is 10.7. The van der Waals surface area contributed by atoms with Crippen molar-refractivity contribution >= 4 is 6.47 Å². The molecule has 0 saturated carbocycles. The Labute approximate surface area is 274 Å². The van der Waals surface area contributed by atoms with E-state index in [-0.39, 0.29) is 12.7 Å². The first-order chi connectivity index (χ1) is 21.8. The summed E-state index contributed by atoms with van der Waals surface area (Å²) >= 11 is 0. The van der Waals surface area contributed by atoms with E-state index in [1.807, 2.05) is 0 Å². The van der Waals surface area contributed by atoms with Gasteiger partial charge in [0, 0.05) is 13.2 Å². The highest BCUT2D eigenvalue weighted by atomic mass is 16.6. The summed E-state index contributed by atoms with van der Waals surface area (Å²) in [7, 11) is 0. The minimum Gasteiger partial charge on any atom is -0.465 e. The van der Waals surface area contributed by atoms with Crippen molar-refractivity contribution in [3.63, 3.8) is 0 Å². The maximum absolute atomic E-state index is 10.7. The maximum atomic E-state index is 10.7. The average molecular weight is 617 g/mol. The summed E-state index contributed by atoms with van der Waals surface area (Å²) in [5.74, 6) is 0. The fourth-order valence-corrected chi connectivity index (χ4v) is 5.04. The maximum Gasteiger partial charge on any atom is 0.293 e. The van der Waals surface area contributed by atoms with Crippen molar-refractivity contribution in [2.75, 3.05) is 26.4 Å². The lowest BCUT2D eigenvalue weighted by molar-refractivity contribution is -0.135. The Kier molecular flexibility index (Phi) is 37.9. The van der Waals surface area contributed by atoms with Gasteiger partial charge in [0.15, 0.2) is 0 Å². The first-order valence-electron chi connectivity index (χ1n) is 18.7. The third-order valence-electron chi connectivity index (χ3n) is 7.84. The summed E-state index contributed by atoms with van der Waals surface area (Å²) in [6, 6.07) is 0. The summed E-state index contributed by atoms with van der Waals surface area (Å²) in [5.41, 5.74) is 0. The summed E-state index contributed by atoms with van der Waals surface area (Å²) in [6.45, 7) is 7.23. The molecule has 0 bridgehead atoms. The van der Waals surface area contributed by atoms with Crippen molar-refractivity contribution in [2.24, 2.45) is 0 Å². The van der Waals surface area contributed by atoms with Crippen LogP contribution < -0.4 is 0 Å². The van der Waals surface area contributed by atoms with Gasteiger partial charge in [-0.1, -0.05) is 140 Å². The van der Waals surface area contributed by atoms with E-state index in [0.717, 1.165) is 32.3 Å². The number of rotatable bonds is 36. The molecule has 0 rings (SSSR count). The number of allylic oxidation sites excluding steroid dienone is 8. The van der Waals surface area contributed by atoms with Crippen LogP contribution in [-0.4, -0.2) is 39.0 Å². The van der Waals surface area contributed by atoms with Crippen LogP contribution in [0.5, 0.6) is 0 Å². The van der Waals surface area contributed by atoms with Gasteiger partial charge in [0.25, 0.3) is 6.47 Å². The smallest absolute Gasteiger partial charge is 0.293 e. The Hall–Kier alpha value is -1.65. The SMILES string of the molecule is CCCCC/C=C\C/C=C\CCCCCCCCOCC(COC=O)OCCCCCCCC/C=C\C/C=C\CCCCC. The molecule has 0 spiro atoms. The second-order valence-corrected chi connectivity index (χ2v) is 12.2. The number of carbonyl (C=O) groups excluding carboxylic acids is 1. The number of unbranched alkanes of at least 4 members (excludes halogenated alkanes) is 18. The van der Waals surface area contributed by atoms with Gasteiger partial charge in [-0.2, -0.15) is 0 Å². The number of hydrogen-bond donors (Lipinski definition) is 0. The van der Waals surface area contributed by atoms with E-state index in [0.29, 0.717) is 19.7 Å². The van der Waals surface area contributed by atoms with E-state index in [9.17, 15) is 4.79 Å². The molecule has 0 aromatic carbocycles. The average Bonchev–Trinajstić information content (AvgIpc) is 3.04. The van der Waals surface area contributed by atoms with Crippen molar-refractivity contribution in [2.45, 2.75) is 174 Å². The summed E-state index contributed by atoms with van der Waals surface area (Å²) < 4.78 is 16.8. The van der Waals surface area contributed by atoms with Gasteiger partial charge in [-0.25, -0.2) is 0 Å². The molecule has 0 aromatic heterocycles. The molecule has 0 N–H and O–H groups in total. The van der Waals surface area contributed by atoms with Gasteiger partial charge in [-0.15, -0.1) is 0 Å². The van der Waals surface area contributed by atoms with Crippen molar-refractivity contribution < 1.29 is 19.0 Å². The molecule has 0 aliphatic carbocycles. The molecule has 1 atom stereocenters. The molecule has 0 aromatic rings. The van der Waals surface area contributed by atoms with Crippen LogP contribution in [0.3, 0.4) is 0 Å². The van der Waals surface area contributed by atoms with Gasteiger partial charge in [-0.05, 0) is 77.0 Å². The van der Waals surface area contributed by atoms with Crippen molar-refractivity contribution in [3.05, 3.63) is 48.6 Å². The number of carbonyl (C=O) groups is 1. The third kappa shape index (κ3) is 36.5. The first kappa shape index (κ1) is 42.3. The minimum absolute atomic E-state index is 0.164. The minimum atomic E-state index is -0.164. The highest BCUT2D eigenvalue weighted by Gasteiger charge is 2.10. The molecule has 0 heterocycles. The molecule has 4 heteroatoms. The third-order valence-corrected chi connectivity index (χ3v) is 7.84. The fourth-order valence-electron chi connectivity index (χ4n) is 5.04. The molecule has 0 radical (unpaired) electrons. The molecule has 0 amide bonds. The second kappa shape index (κ2) is 39.4. The lowest BCUT2D eigenvalue weighted by atomic mass is 10.1. The molecular formula is C40H72O4. The summed E-state index contributed by atoms with van der Waals surface area (Å²) in [5, 5.41) is 0. The molecule has 4 nitrogen and oxygen atoms in total. The number of hydrogen-bond acceptors (Lipinski definition) is 4. The predicted octanol–water partition coefficient (Wildman–Crippen LogP) is 12.2. The topological polar surface area (TPSA) is 44.8 Å². The van der Waals surface area contributed by atoms with Crippen LogP contribution >= 0.6 is 0 Å². The van der Waals surface area contributed by atoms with Crippen molar-refractivity contribution in [1.29, 1.82) is 0 Å². The molecule has 0 saturated heterocycles. The monoisotopic (exact) mass is 617 g/mol. The Bertz CT molecular complexity index is 666. The van der Waals surface area contributed by atoms with Crippen LogP contribution in [-0.2, 0) is 19.0 Å². The Morgan fingerprint density at radius 2 is 0.864 bits per heavy atom. The molecular weight excluding hydrogens is 544 g/mol. The molecule has 0 aliphatic rings. The first-order valence-corrected chi connectivity index (χ1v) is 18.7. The largest absolute Gasteiger partial charge is 0.465 e. The van der Waals surface area contributed by atoms with E-state index >= 15 is 0 Å². The van der Waals surface area contributed by atoms with E-state index < -0.39 is 0 Å². The zero-order chi connectivity index (χ0) is 31.9. The van der Waals surface area contributed by atoms with E-state index in [2.05, 4.69) is 62.5 Å². The lowest BCUT2D eigenvalue weighted by Gasteiger charge is -2.17.